The van der Waals surface area contributed by atoms with Crippen LogP contribution in [0.4, 0.5) is 5.69 Å². The lowest BCUT2D eigenvalue weighted by atomic mass is 10.0. The Morgan fingerprint density at radius 2 is 1.89 bits per heavy atom. The summed E-state index contributed by atoms with van der Waals surface area (Å²) >= 11 is 10.5. The molecule has 0 aliphatic heterocycles. The topological polar surface area (TPSA) is 29.4 Å². The summed E-state index contributed by atoms with van der Waals surface area (Å²) in [6, 6.07) is 13.8. The van der Waals surface area contributed by atoms with Crippen LogP contribution in [0.5, 0.6) is 0 Å². The molecule has 4 heteroatoms. The number of thiocarbonyl (C=S) groups is 1. The Balaban J connectivity index is 2.53. The molecule has 0 aromatic heterocycles. The molecular weight excluding hydrogens is 266 g/mol. The number of benzene rings is 2. The van der Waals surface area contributed by atoms with Crippen LogP contribution in [0.1, 0.15) is 15.9 Å². The van der Waals surface area contributed by atoms with Gasteiger partial charge in [-0.3, -0.25) is 4.79 Å². The zero-order valence-corrected chi connectivity index (χ0v) is 10.8. The smallest absolute Gasteiger partial charge is 0.195 e. The van der Waals surface area contributed by atoms with Crippen molar-refractivity contribution in [3.05, 3.63) is 64.7 Å². The maximum Gasteiger partial charge on any atom is 0.195 e. The summed E-state index contributed by atoms with van der Waals surface area (Å²) in [6.07, 6.45) is 0. The Labute approximate surface area is 115 Å². The Morgan fingerprint density at radius 3 is 2.56 bits per heavy atom. The molecule has 0 N–H and O–H groups in total. The van der Waals surface area contributed by atoms with Crippen LogP contribution in [0.3, 0.4) is 0 Å². The summed E-state index contributed by atoms with van der Waals surface area (Å²) in [5, 5.41) is 2.75. The third kappa shape index (κ3) is 2.71. The first-order chi connectivity index (χ1) is 8.72. The van der Waals surface area contributed by atoms with Gasteiger partial charge in [0.1, 0.15) is 0 Å². The molecule has 0 saturated carbocycles. The first kappa shape index (κ1) is 12.7. The van der Waals surface area contributed by atoms with Crippen LogP contribution in [0.25, 0.3) is 0 Å². The molecular formula is C14H8ClNOS. The number of isothiocyanates is 1. The Hall–Kier alpha value is -1.80. The van der Waals surface area contributed by atoms with Crippen molar-refractivity contribution in [1.82, 2.24) is 0 Å². The molecule has 88 valence electrons. The molecule has 2 aromatic carbocycles. The zero-order valence-electron chi connectivity index (χ0n) is 9.26. The standard InChI is InChI=1S/C14H8ClNOS/c15-11-6-7-13(16-9-18)12(8-11)14(17)10-4-2-1-3-5-10/h1-8H. The first-order valence-electron chi connectivity index (χ1n) is 5.19. The highest BCUT2D eigenvalue weighted by molar-refractivity contribution is 7.78. The number of ketones is 1. The lowest BCUT2D eigenvalue weighted by Gasteiger charge is -2.04. The maximum atomic E-state index is 12.3. The Morgan fingerprint density at radius 1 is 1.17 bits per heavy atom. The van der Waals surface area contributed by atoms with E-state index in [2.05, 4.69) is 22.4 Å². The molecule has 2 aromatic rings. The van der Waals surface area contributed by atoms with E-state index in [9.17, 15) is 4.79 Å². The van der Waals surface area contributed by atoms with Crippen molar-refractivity contribution >= 4 is 40.5 Å². The molecule has 0 fully saturated rings. The number of hydrogen-bond donors (Lipinski definition) is 0. The van der Waals surface area contributed by atoms with Crippen molar-refractivity contribution in [2.24, 2.45) is 4.99 Å². The highest BCUT2D eigenvalue weighted by atomic mass is 35.5. The van der Waals surface area contributed by atoms with Crippen LogP contribution in [0.15, 0.2) is 53.5 Å². The number of halogens is 1. The third-order valence-corrected chi connectivity index (χ3v) is 2.73. The normalized spacial score (nSPS) is 9.61. The minimum atomic E-state index is -0.137. The van der Waals surface area contributed by atoms with E-state index in [1.807, 2.05) is 6.07 Å². The van der Waals surface area contributed by atoms with E-state index in [0.29, 0.717) is 21.8 Å². The number of aliphatic imine (C=N–C) groups is 1. The van der Waals surface area contributed by atoms with Gasteiger partial charge in [-0.25, -0.2) is 0 Å². The van der Waals surface area contributed by atoms with Crippen molar-refractivity contribution in [3.8, 4) is 0 Å². The van der Waals surface area contributed by atoms with Crippen LogP contribution in [-0.2, 0) is 0 Å². The molecule has 0 unspecified atom stereocenters. The maximum absolute atomic E-state index is 12.3. The molecule has 0 atom stereocenters. The van der Waals surface area contributed by atoms with Crippen LogP contribution >= 0.6 is 23.8 Å². The average Bonchev–Trinajstić information content (AvgIpc) is 2.41. The molecule has 0 bridgehead atoms. The van der Waals surface area contributed by atoms with Gasteiger partial charge < -0.3 is 0 Å². The molecule has 0 radical (unpaired) electrons. The summed E-state index contributed by atoms with van der Waals surface area (Å²) in [5.74, 6) is -0.137. The minimum Gasteiger partial charge on any atom is -0.289 e. The third-order valence-electron chi connectivity index (χ3n) is 2.41. The highest BCUT2D eigenvalue weighted by Gasteiger charge is 2.13. The van der Waals surface area contributed by atoms with Crippen LogP contribution < -0.4 is 0 Å². The van der Waals surface area contributed by atoms with Crippen molar-refractivity contribution in [2.75, 3.05) is 0 Å². The fourth-order valence-electron chi connectivity index (χ4n) is 1.58. The fraction of sp³-hybridized carbons (Fsp3) is 0. The minimum absolute atomic E-state index is 0.137. The van der Waals surface area contributed by atoms with Gasteiger partial charge in [-0.05, 0) is 30.4 Å². The second kappa shape index (κ2) is 5.69. The Bertz CT molecular complexity index is 633. The number of nitrogens with zero attached hydrogens (tertiary/aromatic N) is 1. The average molecular weight is 274 g/mol. The fourth-order valence-corrected chi connectivity index (χ4v) is 1.85. The molecule has 0 spiro atoms. The van der Waals surface area contributed by atoms with Crippen molar-refractivity contribution < 1.29 is 4.79 Å². The number of hydrogen-bond acceptors (Lipinski definition) is 3. The zero-order chi connectivity index (χ0) is 13.0. The second-order valence-electron chi connectivity index (χ2n) is 3.56. The van der Waals surface area contributed by atoms with Gasteiger partial charge in [0.2, 0.25) is 0 Å². The molecule has 18 heavy (non-hydrogen) atoms. The SMILES string of the molecule is O=C(c1ccccc1)c1cc(Cl)ccc1N=C=S. The van der Waals surface area contributed by atoms with Gasteiger partial charge in [0.25, 0.3) is 0 Å². The van der Waals surface area contributed by atoms with E-state index in [-0.39, 0.29) is 5.78 Å². The quantitative estimate of drug-likeness (QED) is 0.474. The van der Waals surface area contributed by atoms with Crippen LogP contribution in [-0.4, -0.2) is 10.9 Å². The van der Waals surface area contributed by atoms with Gasteiger partial charge in [-0.2, -0.15) is 4.99 Å². The molecule has 0 saturated heterocycles. The van der Waals surface area contributed by atoms with Crippen LogP contribution in [0.2, 0.25) is 5.02 Å². The van der Waals surface area contributed by atoms with Gasteiger partial charge in [-0.1, -0.05) is 41.9 Å². The summed E-state index contributed by atoms with van der Waals surface area (Å²) in [6.45, 7) is 0. The highest BCUT2D eigenvalue weighted by Crippen LogP contribution is 2.25. The molecule has 2 rings (SSSR count). The molecule has 0 amide bonds. The molecule has 0 aliphatic rings. The van der Waals surface area contributed by atoms with Gasteiger partial charge in [0.15, 0.2) is 5.78 Å². The molecule has 0 aliphatic carbocycles. The van der Waals surface area contributed by atoms with E-state index in [1.165, 1.54) is 0 Å². The summed E-state index contributed by atoms with van der Waals surface area (Å²) in [7, 11) is 0. The number of carbonyl (C=O) groups is 1. The van der Waals surface area contributed by atoms with Gasteiger partial charge in [0, 0.05) is 10.6 Å². The van der Waals surface area contributed by atoms with E-state index in [1.54, 1.807) is 42.5 Å². The monoisotopic (exact) mass is 273 g/mol. The lowest BCUT2D eigenvalue weighted by Crippen LogP contribution is -2.01. The Kier molecular flexibility index (Phi) is 4.00. The van der Waals surface area contributed by atoms with Crippen molar-refractivity contribution in [2.45, 2.75) is 0 Å². The largest absolute Gasteiger partial charge is 0.289 e. The van der Waals surface area contributed by atoms with Crippen molar-refractivity contribution in [1.29, 1.82) is 0 Å². The van der Waals surface area contributed by atoms with E-state index in [4.69, 9.17) is 11.6 Å². The molecule has 2 nitrogen and oxygen atoms in total. The summed E-state index contributed by atoms with van der Waals surface area (Å²) < 4.78 is 0. The second-order valence-corrected chi connectivity index (χ2v) is 4.18. The predicted molar refractivity (Wildman–Crippen MR) is 76.0 cm³/mol. The summed E-state index contributed by atoms with van der Waals surface area (Å²) in [5.41, 5.74) is 1.48. The van der Waals surface area contributed by atoms with E-state index < -0.39 is 0 Å². The summed E-state index contributed by atoms with van der Waals surface area (Å²) in [4.78, 5) is 16.2. The van der Waals surface area contributed by atoms with Crippen LogP contribution in [0, 0.1) is 0 Å². The van der Waals surface area contributed by atoms with Crippen molar-refractivity contribution in [3.63, 3.8) is 0 Å². The number of carbonyl (C=O) groups excluding carboxylic acids is 1. The van der Waals surface area contributed by atoms with Gasteiger partial charge in [0.05, 0.1) is 16.4 Å². The lowest BCUT2D eigenvalue weighted by molar-refractivity contribution is 0.103. The van der Waals surface area contributed by atoms with E-state index in [0.717, 1.165) is 0 Å². The van der Waals surface area contributed by atoms with Gasteiger partial charge in [-0.15, -0.1) is 0 Å². The number of rotatable bonds is 3. The molecule has 0 heterocycles. The first-order valence-corrected chi connectivity index (χ1v) is 5.98. The van der Waals surface area contributed by atoms with Gasteiger partial charge >= 0.3 is 0 Å². The van der Waals surface area contributed by atoms with E-state index >= 15 is 0 Å². The predicted octanol–water partition coefficient (Wildman–Crippen LogP) is 4.31.